The number of Topliss-reactive ketones (excluding diaryl/α,β-unsaturated/α-hetero) is 1. The normalized spacial score (nSPS) is 15.0. The number of hydrogen-bond acceptors (Lipinski definition) is 6. The molecule has 1 heterocycles. The second-order valence-electron chi connectivity index (χ2n) is 7.05. The zero-order chi connectivity index (χ0) is 21.7. The summed E-state index contributed by atoms with van der Waals surface area (Å²) < 4.78 is 37.6. The van der Waals surface area contributed by atoms with Crippen LogP contribution in [0.2, 0.25) is 0 Å². The molecule has 1 saturated heterocycles. The number of sulfonamides is 1. The molecule has 160 valence electrons. The Bertz CT molecular complexity index is 1020. The van der Waals surface area contributed by atoms with Crippen molar-refractivity contribution in [2.24, 2.45) is 0 Å². The molecule has 30 heavy (non-hydrogen) atoms. The summed E-state index contributed by atoms with van der Waals surface area (Å²) in [5, 5.41) is 0. The lowest BCUT2D eigenvalue weighted by molar-refractivity contribution is 0.0474. The molecule has 3 rings (SSSR count). The van der Waals surface area contributed by atoms with Gasteiger partial charge >= 0.3 is 5.97 Å². The molecule has 1 aliphatic heterocycles. The first-order valence-corrected chi connectivity index (χ1v) is 11.2. The largest absolute Gasteiger partial charge is 0.454 e. The van der Waals surface area contributed by atoms with Crippen LogP contribution < -0.4 is 0 Å². The lowest BCUT2D eigenvalue weighted by atomic mass is 10.1. The van der Waals surface area contributed by atoms with Gasteiger partial charge in [-0.1, -0.05) is 37.3 Å². The van der Waals surface area contributed by atoms with Crippen molar-refractivity contribution in [2.75, 3.05) is 32.9 Å². The first-order chi connectivity index (χ1) is 14.3. The second kappa shape index (κ2) is 9.51. The van der Waals surface area contributed by atoms with E-state index in [4.69, 9.17) is 9.47 Å². The standard InChI is InChI=1S/C22H25NO6S/c1-3-17-5-8-18(9-6-17)20(24)15-29-22(25)19-7-4-16(2)21(14-19)30(26,27)23-10-12-28-13-11-23/h4-9,14H,3,10-13,15H2,1-2H3. The van der Waals surface area contributed by atoms with Crippen LogP contribution in [0, 0.1) is 6.92 Å². The quantitative estimate of drug-likeness (QED) is 0.495. The Morgan fingerprint density at radius 1 is 1.03 bits per heavy atom. The van der Waals surface area contributed by atoms with Crippen LogP contribution in [0.1, 0.15) is 38.8 Å². The molecule has 0 amide bonds. The maximum absolute atomic E-state index is 13.0. The highest BCUT2D eigenvalue weighted by Crippen LogP contribution is 2.23. The second-order valence-corrected chi connectivity index (χ2v) is 8.95. The van der Waals surface area contributed by atoms with Crippen molar-refractivity contribution in [1.29, 1.82) is 0 Å². The Kier molecular flexibility index (Phi) is 7.02. The van der Waals surface area contributed by atoms with Crippen LogP contribution in [0.25, 0.3) is 0 Å². The van der Waals surface area contributed by atoms with Gasteiger partial charge in [-0.2, -0.15) is 4.31 Å². The number of benzene rings is 2. The summed E-state index contributed by atoms with van der Waals surface area (Å²) in [6.45, 7) is 4.48. The van der Waals surface area contributed by atoms with E-state index in [1.54, 1.807) is 25.1 Å². The molecule has 8 heteroatoms. The first kappa shape index (κ1) is 22.1. The van der Waals surface area contributed by atoms with E-state index in [2.05, 4.69) is 0 Å². The third kappa shape index (κ3) is 4.95. The molecule has 0 aromatic heterocycles. The van der Waals surface area contributed by atoms with Crippen molar-refractivity contribution in [3.63, 3.8) is 0 Å². The summed E-state index contributed by atoms with van der Waals surface area (Å²) >= 11 is 0. The Morgan fingerprint density at radius 2 is 1.67 bits per heavy atom. The van der Waals surface area contributed by atoms with Crippen molar-refractivity contribution in [3.05, 3.63) is 64.7 Å². The van der Waals surface area contributed by atoms with Crippen LogP contribution in [0.4, 0.5) is 0 Å². The molecular weight excluding hydrogens is 406 g/mol. The summed E-state index contributed by atoms with van der Waals surface area (Å²) in [5.41, 5.74) is 2.18. The van der Waals surface area contributed by atoms with E-state index in [1.807, 2.05) is 19.1 Å². The van der Waals surface area contributed by atoms with Crippen LogP contribution in [0.15, 0.2) is 47.4 Å². The fourth-order valence-electron chi connectivity index (χ4n) is 3.16. The minimum Gasteiger partial charge on any atom is -0.454 e. The first-order valence-electron chi connectivity index (χ1n) is 9.80. The smallest absolute Gasteiger partial charge is 0.338 e. The van der Waals surface area contributed by atoms with Gasteiger partial charge in [-0.3, -0.25) is 4.79 Å². The monoisotopic (exact) mass is 431 g/mol. The molecular formula is C22H25NO6S. The zero-order valence-electron chi connectivity index (χ0n) is 17.1. The molecule has 0 unspecified atom stereocenters. The predicted molar refractivity (Wildman–Crippen MR) is 111 cm³/mol. The predicted octanol–water partition coefficient (Wildman–Crippen LogP) is 2.62. The minimum atomic E-state index is -3.75. The highest BCUT2D eigenvalue weighted by molar-refractivity contribution is 7.89. The number of carbonyl (C=O) groups excluding carboxylic acids is 2. The molecule has 0 atom stereocenters. The third-order valence-corrected chi connectivity index (χ3v) is 7.07. The molecule has 0 saturated carbocycles. The topological polar surface area (TPSA) is 90.0 Å². The number of hydrogen-bond donors (Lipinski definition) is 0. The zero-order valence-corrected chi connectivity index (χ0v) is 17.9. The Hall–Kier alpha value is -2.55. The molecule has 7 nitrogen and oxygen atoms in total. The third-order valence-electron chi connectivity index (χ3n) is 5.03. The van der Waals surface area contributed by atoms with Crippen LogP contribution in [-0.2, 0) is 25.9 Å². The lowest BCUT2D eigenvalue weighted by Crippen LogP contribution is -2.40. The van der Waals surface area contributed by atoms with Gasteiger partial charge in [0.1, 0.15) is 0 Å². The van der Waals surface area contributed by atoms with Crippen molar-refractivity contribution in [2.45, 2.75) is 25.2 Å². The number of ether oxygens (including phenoxy) is 2. The van der Waals surface area contributed by atoms with Gasteiger partial charge in [-0.15, -0.1) is 0 Å². The lowest BCUT2D eigenvalue weighted by Gasteiger charge is -2.26. The number of carbonyl (C=O) groups is 2. The molecule has 0 spiro atoms. The van der Waals surface area contributed by atoms with Crippen molar-refractivity contribution >= 4 is 21.8 Å². The Morgan fingerprint density at radius 3 is 2.30 bits per heavy atom. The SMILES string of the molecule is CCc1ccc(C(=O)COC(=O)c2ccc(C)c(S(=O)(=O)N3CCOCC3)c2)cc1. The van der Waals surface area contributed by atoms with E-state index < -0.39 is 22.6 Å². The molecule has 0 radical (unpaired) electrons. The van der Waals surface area contributed by atoms with Gasteiger partial charge in [-0.25, -0.2) is 13.2 Å². The minimum absolute atomic E-state index is 0.0559. The van der Waals surface area contributed by atoms with Gasteiger partial charge in [0.2, 0.25) is 10.0 Å². The summed E-state index contributed by atoms with van der Waals surface area (Å²) in [5.74, 6) is -1.06. The number of esters is 1. The molecule has 1 aliphatic rings. The van der Waals surface area contributed by atoms with Gasteiger partial charge in [0, 0.05) is 18.7 Å². The molecule has 2 aromatic carbocycles. The van der Waals surface area contributed by atoms with E-state index in [0.717, 1.165) is 12.0 Å². The van der Waals surface area contributed by atoms with Crippen LogP contribution in [-0.4, -0.2) is 57.4 Å². The number of nitrogens with zero attached hydrogens (tertiary/aromatic N) is 1. The molecule has 0 bridgehead atoms. The van der Waals surface area contributed by atoms with E-state index >= 15 is 0 Å². The molecule has 1 fully saturated rings. The van der Waals surface area contributed by atoms with Gasteiger partial charge in [0.25, 0.3) is 0 Å². The van der Waals surface area contributed by atoms with E-state index in [1.165, 1.54) is 16.4 Å². The fraction of sp³-hybridized carbons (Fsp3) is 0.364. The molecule has 0 N–H and O–H groups in total. The number of rotatable bonds is 7. The van der Waals surface area contributed by atoms with Gasteiger partial charge in [0.15, 0.2) is 12.4 Å². The number of aryl methyl sites for hydroxylation is 2. The molecule has 0 aliphatic carbocycles. The van der Waals surface area contributed by atoms with E-state index in [9.17, 15) is 18.0 Å². The number of ketones is 1. The van der Waals surface area contributed by atoms with Crippen LogP contribution in [0.3, 0.4) is 0 Å². The van der Waals surface area contributed by atoms with Crippen LogP contribution in [0.5, 0.6) is 0 Å². The van der Waals surface area contributed by atoms with Gasteiger partial charge in [-0.05, 0) is 36.6 Å². The highest BCUT2D eigenvalue weighted by Gasteiger charge is 2.28. The van der Waals surface area contributed by atoms with Gasteiger partial charge in [0.05, 0.1) is 23.7 Å². The van der Waals surface area contributed by atoms with Gasteiger partial charge < -0.3 is 9.47 Å². The van der Waals surface area contributed by atoms with E-state index in [-0.39, 0.29) is 29.3 Å². The maximum atomic E-state index is 13.0. The maximum Gasteiger partial charge on any atom is 0.338 e. The highest BCUT2D eigenvalue weighted by atomic mass is 32.2. The molecule has 2 aromatic rings. The summed E-state index contributed by atoms with van der Waals surface area (Å²) in [6.07, 6.45) is 0.868. The Balaban J connectivity index is 1.71. The van der Waals surface area contributed by atoms with Crippen molar-refractivity contribution in [3.8, 4) is 0 Å². The average molecular weight is 432 g/mol. The van der Waals surface area contributed by atoms with E-state index in [0.29, 0.717) is 24.3 Å². The van der Waals surface area contributed by atoms with Crippen LogP contribution >= 0.6 is 0 Å². The Labute approximate surface area is 176 Å². The average Bonchev–Trinajstić information content (AvgIpc) is 2.78. The fourth-order valence-corrected chi connectivity index (χ4v) is 4.81. The van der Waals surface area contributed by atoms with Crippen molar-refractivity contribution in [1.82, 2.24) is 4.31 Å². The summed E-state index contributed by atoms with van der Waals surface area (Å²) in [7, 11) is -3.75. The van der Waals surface area contributed by atoms with Crippen molar-refractivity contribution < 1.29 is 27.5 Å². The summed E-state index contributed by atoms with van der Waals surface area (Å²) in [6, 6.07) is 11.5. The summed E-state index contributed by atoms with van der Waals surface area (Å²) in [4.78, 5) is 24.8. The number of morpholine rings is 1.